The van der Waals surface area contributed by atoms with Crippen molar-refractivity contribution in [2.24, 2.45) is 0 Å². The summed E-state index contributed by atoms with van der Waals surface area (Å²) in [4.78, 5) is 28.0. The van der Waals surface area contributed by atoms with Gasteiger partial charge < -0.3 is 29.3 Å². The van der Waals surface area contributed by atoms with Crippen LogP contribution < -0.4 is 10.1 Å². The molecule has 8 nitrogen and oxygen atoms in total. The van der Waals surface area contributed by atoms with Gasteiger partial charge in [-0.05, 0) is 37.6 Å². The third-order valence-electron chi connectivity index (χ3n) is 4.57. The minimum absolute atomic E-state index is 0.00261. The highest BCUT2D eigenvalue weighted by atomic mass is 16.5. The molecule has 2 heterocycles. The van der Waals surface area contributed by atoms with Crippen LogP contribution in [-0.2, 0) is 14.3 Å². The quantitative estimate of drug-likeness (QED) is 0.862. The van der Waals surface area contributed by atoms with Gasteiger partial charge in [-0.3, -0.25) is 4.79 Å². The smallest absolute Gasteiger partial charge is 0.321 e. The molecule has 1 atom stereocenters. The van der Waals surface area contributed by atoms with Gasteiger partial charge in [0, 0.05) is 38.5 Å². The van der Waals surface area contributed by atoms with Crippen molar-refractivity contribution in [3.05, 3.63) is 24.3 Å². The van der Waals surface area contributed by atoms with E-state index >= 15 is 0 Å². The van der Waals surface area contributed by atoms with Gasteiger partial charge in [0.25, 0.3) is 5.91 Å². The van der Waals surface area contributed by atoms with Crippen molar-refractivity contribution < 1.29 is 23.8 Å². The van der Waals surface area contributed by atoms with Crippen LogP contribution in [0.2, 0.25) is 0 Å². The van der Waals surface area contributed by atoms with Crippen LogP contribution in [0.5, 0.6) is 5.75 Å². The molecule has 1 aromatic rings. The van der Waals surface area contributed by atoms with Crippen LogP contribution in [0.3, 0.4) is 0 Å². The van der Waals surface area contributed by atoms with Crippen molar-refractivity contribution in [1.82, 2.24) is 9.80 Å². The lowest BCUT2D eigenvalue weighted by molar-refractivity contribution is -0.137. The molecule has 2 saturated heterocycles. The Labute approximate surface area is 159 Å². The molecular formula is C19H27N3O5. The Morgan fingerprint density at radius 1 is 1.11 bits per heavy atom. The molecule has 148 valence electrons. The van der Waals surface area contributed by atoms with E-state index in [1.165, 1.54) is 0 Å². The number of hydrogen-bond donors (Lipinski definition) is 1. The summed E-state index contributed by atoms with van der Waals surface area (Å²) < 4.78 is 16.4. The van der Waals surface area contributed by atoms with Crippen molar-refractivity contribution in [1.29, 1.82) is 0 Å². The molecule has 2 fully saturated rings. The zero-order valence-electron chi connectivity index (χ0n) is 15.7. The second-order valence-electron chi connectivity index (χ2n) is 6.72. The van der Waals surface area contributed by atoms with Gasteiger partial charge in [0.2, 0.25) is 0 Å². The highest BCUT2D eigenvalue weighted by Gasteiger charge is 2.20. The fraction of sp³-hybridized carbons (Fsp3) is 0.579. The van der Waals surface area contributed by atoms with Crippen LogP contribution in [-0.4, -0.2) is 80.4 Å². The number of amides is 3. The summed E-state index contributed by atoms with van der Waals surface area (Å²) in [5.41, 5.74) is 0.685. The van der Waals surface area contributed by atoms with Gasteiger partial charge >= 0.3 is 6.03 Å². The number of ether oxygens (including phenoxy) is 3. The average Bonchev–Trinajstić information content (AvgIpc) is 2.92. The second kappa shape index (κ2) is 9.57. The molecule has 1 aromatic carbocycles. The van der Waals surface area contributed by atoms with E-state index in [9.17, 15) is 9.59 Å². The van der Waals surface area contributed by atoms with E-state index in [1.807, 2.05) is 6.92 Å². The van der Waals surface area contributed by atoms with Crippen LogP contribution in [0.15, 0.2) is 24.3 Å². The number of nitrogens with zero attached hydrogens (tertiary/aromatic N) is 2. The minimum Gasteiger partial charge on any atom is -0.484 e. The summed E-state index contributed by atoms with van der Waals surface area (Å²) >= 11 is 0. The first-order valence-electron chi connectivity index (χ1n) is 9.38. The number of benzene rings is 1. The fourth-order valence-electron chi connectivity index (χ4n) is 3.06. The first-order chi connectivity index (χ1) is 13.1. The Balaban J connectivity index is 1.46. The summed E-state index contributed by atoms with van der Waals surface area (Å²) in [5.74, 6) is 0.541. The minimum atomic E-state index is -0.136. The average molecular weight is 377 g/mol. The van der Waals surface area contributed by atoms with Gasteiger partial charge in [-0.15, -0.1) is 0 Å². The summed E-state index contributed by atoms with van der Waals surface area (Å²) in [6.45, 7) is 6.26. The van der Waals surface area contributed by atoms with Gasteiger partial charge in [0.15, 0.2) is 6.61 Å². The molecule has 1 N–H and O–H groups in total. The van der Waals surface area contributed by atoms with E-state index < -0.39 is 0 Å². The first-order valence-corrected chi connectivity index (χ1v) is 9.38. The Morgan fingerprint density at radius 3 is 2.59 bits per heavy atom. The molecule has 8 heteroatoms. The third kappa shape index (κ3) is 5.83. The van der Waals surface area contributed by atoms with Gasteiger partial charge in [-0.2, -0.15) is 0 Å². The van der Waals surface area contributed by atoms with Gasteiger partial charge in [0.05, 0.1) is 19.3 Å². The van der Waals surface area contributed by atoms with Crippen molar-refractivity contribution >= 4 is 17.6 Å². The standard InChI is InChI=1S/C19H27N3O5/c1-15-13-22(7-2-10-26-15)19(24)20-16-3-5-17(6-4-16)27-14-18(23)21-8-11-25-12-9-21/h3-6,15H,2,7-14H2,1H3,(H,20,24). The number of morpholine rings is 1. The molecule has 0 radical (unpaired) electrons. The van der Waals surface area contributed by atoms with Gasteiger partial charge in [-0.25, -0.2) is 4.79 Å². The highest BCUT2D eigenvalue weighted by molar-refractivity contribution is 5.89. The largest absolute Gasteiger partial charge is 0.484 e. The Kier molecular flexibility index (Phi) is 6.89. The van der Waals surface area contributed by atoms with Crippen molar-refractivity contribution in [2.75, 3.05) is 57.9 Å². The zero-order valence-corrected chi connectivity index (χ0v) is 15.7. The summed E-state index contributed by atoms with van der Waals surface area (Å²) in [6, 6.07) is 6.89. The molecule has 3 rings (SSSR count). The number of rotatable bonds is 4. The number of carbonyl (C=O) groups is 2. The maximum absolute atomic E-state index is 12.4. The van der Waals surface area contributed by atoms with Gasteiger partial charge in [-0.1, -0.05) is 0 Å². The predicted octanol–water partition coefficient (Wildman–Crippen LogP) is 1.57. The number of nitrogens with one attached hydrogen (secondary N) is 1. The molecule has 0 aromatic heterocycles. The zero-order chi connectivity index (χ0) is 19.1. The summed E-state index contributed by atoms with van der Waals surface area (Å²) in [6.07, 6.45) is 0.875. The second-order valence-corrected chi connectivity index (χ2v) is 6.72. The van der Waals surface area contributed by atoms with E-state index in [1.54, 1.807) is 34.1 Å². The topological polar surface area (TPSA) is 80.3 Å². The fourth-order valence-corrected chi connectivity index (χ4v) is 3.06. The molecule has 3 amide bonds. The van der Waals surface area contributed by atoms with Crippen molar-refractivity contribution in [3.8, 4) is 5.75 Å². The number of urea groups is 1. The number of carbonyl (C=O) groups excluding carboxylic acids is 2. The molecular weight excluding hydrogens is 350 g/mol. The Hall–Kier alpha value is -2.32. The Bertz CT molecular complexity index is 631. The Morgan fingerprint density at radius 2 is 1.85 bits per heavy atom. The van der Waals surface area contributed by atoms with E-state index in [-0.39, 0.29) is 24.6 Å². The SMILES string of the molecule is CC1CN(C(=O)Nc2ccc(OCC(=O)N3CCOCC3)cc2)CCCO1. The van der Waals surface area contributed by atoms with Crippen molar-refractivity contribution in [3.63, 3.8) is 0 Å². The lowest BCUT2D eigenvalue weighted by Gasteiger charge is -2.26. The van der Waals surface area contributed by atoms with E-state index in [4.69, 9.17) is 14.2 Å². The van der Waals surface area contributed by atoms with Crippen LogP contribution >= 0.6 is 0 Å². The molecule has 2 aliphatic heterocycles. The van der Waals surface area contributed by atoms with E-state index in [0.717, 1.165) is 6.42 Å². The molecule has 0 aliphatic carbocycles. The molecule has 0 spiro atoms. The predicted molar refractivity (Wildman–Crippen MR) is 100.0 cm³/mol. The summed E-state index contributed by atoms with van der Waals surface area (Å²) in [7, 11) is 0. The van der Waals surface area contributed by atoms with Crippen molar-refractivity contribution in [2.45, 2.75) is 19.4 Å². The number of anilines is 1. The maximum atomic E-state index is 12.4. The van der Waals surface area contributed by atoms with Crippen LogP contribution in [0.25, 0.3) is 0 Å². The molecule has 0 bridgehead atoms. The lowest BCUT2D eigenvalue weighted by Crippen LogP contribution is -2.42. The van der Waals surface area contributed by atoms with Crippen LogP contribution in [0.4, 0.5) is 10.5 Å². The molecule has 0 saturated carbocycles. The van der Waals surface area contributed by atoms with E-state index in [2.05, 4.69) is 5.32 Å². The van der Waals surface area contributed by atoms with Crippen LogP contribution in [0, 0.1) is 0 Å². The van der Waals surface area contributed by atoms with Crippen LogP contribution in [0.1, 0.15) is 13.3 Å². The third-order valence-corrected chi connectivity index (χ3v) is 4.57. The highest BCUT2D eigenvalue weighted by Crippen LogP contribution is 2.17. The van der Waals surface area contributed by atoms with Gasteiger partial charge in [0.1, 0.15) is 5.75 Å². The first kappa shape index (κ1) is 19.4. The maximum Gasteiger partial charge on any atom is 0.321 e. The molecule has 2 aliphatic rings. The molecule has 27 heavy (non-hydrogen) atoms. The van der Waals surface area contributed by atoms with E-state index in [0.29, 0.717) is 57.4 Å². The summed E-state index contributed by atoms with van der Waals surface area (Å²) in [5, 5.41) is 2.89. The number of hydrogen-bond acceptors (Lipinski definition) is 5. The molecule has 1 unspecified atom stereocenters. The monoisotopic (exact) mass is 377 g/mol. The lowest BCUT2D eigenvalue weighted by atomic mass is 10.3. The normalized spacial score (nSPS) is 20.7.